The maximum atomic E-state index is 12.0. The number of nitro groups is 1. The van der Waals surface area contributed by atoms with Crippen LogP contribution in [0.2, 0.25) is 0 Å². The van der Waals surface area contributed by atoms with Gasteiger partial charge in [-0.05, 0) is 42.7 Å². The number of nitro benzene ring substituents is 1. The van der Waals surface area contributed by atoms with Crippen LogP contribution >= 0.6 is 0 Å². The number of hydrogen-bond acceptors (Lipinski definition) is 4. The summed E-state index contributed by atoms with van der Waals surface area (Å²) in [6.45, 7) is 5.97. The molecule has 2 aromatic rings. The zero-order chi connectivity index (χ0) is 20.6. The number of aromatic amines is 1. The van der Waals surface area contributed by atoms with Crippen LogP contribution in [0.3, 0.4) is 0 Å². The van der Waals surface area contributed by atoms with Gasteiger partial charge in [-0.3, -0.25) is 15.1 Å². The molecule has 0 saturated carbocycles. The number of nitrogens with one attached hydrogen (secondary N) is 1. The van der Waals surface area contributed by atoms with Gasteiger partial charge in [-0.15, -0.1) is 0 Å². The van der Waals surface area contributed by atoms with E-state index in [0.29, 0.717) is 0 Å². The molecule has 2 unspecified atom stereocenters. The van der Waals surface area contributed by atoms with Gasteiger partial charge in [0, 0.05) is 37.3 Å². The SMILES string of the molecule is CCCCN(CCCC)c1ccc(C(c2ccc[nH]2)C2C=CC=N2)cc1[N+](=O)[O-]. The van der Waals surface area contributed by atoms with Gasteiger partial charge in [-0.2, -0.15) is 0 Å². The predicted octanol–water partition coefficient (Wildman–Crippen LogP) is 5.47. The molecular weight excluding hydrogens is 364 g/mol. The van der Waals surface area contributed by atoms with Crippen LogP contribution in [0.5, 0.6) is 0 Å². The van der Waals surface area contributed by atoms with E-state index in [-0.39, 0.29) is 22.6 Å². The van der Waals surface area contributed by atoms with Crippen LogP contribution in [0.4, 0.5) is 11.4 Å². The van der Waals surface area contributed by atoms with Crippen molar-refractivity contribution in [3.8, 4) is 0 Å². The van der Waals surface area contributed by atoms with Crippen molar-refractivity contribution in [1.82, 2.24) is 4.98 Å². The summed E-state index contributed by atoms with van der Waals surface area (Å²) >= 11 is 0. The zero-order valence-electron chi connectivity index (χ0n) is 17.3. The number of allylic oxidation sites excluding steroid dienone is 1. The molecule has 1 aliphatic heterocycles. The molecule has 1 aromatic heterocycles. The average molecular weight is 395 g/mol. The molecule has 1 aromatic carbocycles. The van der Waals surface area contributed by atoms with E-state index in [4.69, 9.17) is 0 Å². The quantitative estimate of drug-likeness (QED) is 0.405. The van der Waals surface area contributed by atoms with Crippen LogP contribution in [0.15, 0.2) is 53.7 Å². The molecule has 154 valence electrons. The summed E-state index contributed by atoms with van der Waals surface area (Å²) in [6, 6.07) is 9.60. The lowest BCUT2D eigenvalue weighted by atomic mass is 9.88. The fourth-order valence-electron chi connectivity index (χ4n) is 3.86. The fourth-order valence-corrected chi connectivity index (χ4v) is 3.86. The number of anilines is 1. The van der Waals surface area contributed by atoms with Crippen LogP contribution < -0.4 is 4.90 Å². The zero-order valence-corrected chi connectivity index (χ0v) is 17.3. The van der Waals surface area contributed by atoms with Crippen LogP contribution in [-0.4, -0.2) is 35.3 Å². The van der Waals surface area contributed by atoms with Crippen molar-refractivity contribution in [3.63, 3.8) is 0 Å². The summed E-state index contributed by atoms with van der Waals surface area (Å²) in [5.74, 6) is -0.0764. The Morgan fingerprint density at radius 3 is 2.52 bits per heavy atom. The molecule has 2 heterocycles. The molecule has 6 nitrogen and oxygen atoms in total. The summed E-state index contributed by atoms with van der Waals surface area (Å²) in [5.41, 5.74) is 2.81. The Morgan fingerprint density at radius 2 is 1.97 bits per heavy atom. The smallest absolute Gasteiger partial charge is 0.292 e. The minimum Gasteiger partial charge on any atom is -0.366 e. The lowest BCUT2D eigenvalue weighted by Crippen LogP contribution is -2.26. The van der Waals surface area contributed by atoms with Crippen LogP contribution in [0.1, 0.15) is 56.7 Å². The minimum atomic E-state index is -0.247. The number of H-pyrrole nitrogens is 1. The second-order valence-corrected chi connectivity index (χ2v) is 7.48. The van der Waals surface area contributed by atoms with Crippen LogP contribution in [0.25, 0.3) is 0 Å². The largest absolute Gasteiger partial charge is 0.366 e. The van der Waals surface area contributed by atoms with Crippen molar-refractivity contribution < 1.29 is 4.92 Å². The molecule has 0 bridgehead atoms. The highest BCUT2D eigenvalue weighted by molar-refractivity contribution is 5.75. The Bertz CT molecular complexity index is 838. The van der Waals surface area contributed by atoms with Gasteiger partial charge in [0.05, 0.1) is 16.9 Å². The van der Waals surface area contributed by atoms with Gasteiger partial charge >= 0.3 is 0 Å². The Kier molecular flexibility index (Phi) is 7.22. The second kappa shape index (κ2) is 10.0. The molecule has 2 atom stereocenters. The molecule has 0 spiro atoms. The maximum Gasteiger partial charge on any atom is 0.292 e. The van der Waals surface area contributed by atoms with Gasteiger partial charge in [0.2, 0.25) is 0 Å². The third-order valence-corrected chi connectivity index (χ3v) is 5.41. The van der Waals surface area contributed by atoms with Gasteiger partial charge in [0.15, 0.2) is 0 Å². The monoisotopic (exact) mass is 394 g/mol. The third kappa shape index (κ3) is 4.94. The van der Waals surface area contributed by atoms with Gasteiger partial charge in [-0.25, -0.2) is 0 Å². The van der Waals surface area contributed by atoms with Crippen molar-refractivity contribution in [1.29, 1.82) is 0 Å². The second-order valence-electron chi connectivity index (χ2n) is 7.48. The van der Waals surface area contributed by atoms with Crippen molar-refractivity contribution in [2.24, 2.45) is 4.99 Å². The van der Waals surface area contributed by atoms with E-state index in [1.807, 2.05) is 42.6 Å². The molecule has 0 fully saturated rings. The van der Waals surface area contributed by atoms with E-state index < -0.39 is 0 Å². The molecule has 0 amide bonds. The van der Waals surface area contributed by atoms with Gasteiger partial charge in [-0.1, -0.05) is 38.8 Å². The van der Waals surface area contributed by atoms with Gasteiger partial charge in [0.25, 0.3) is 5.69 Å². The first kappa shape index (κ1) is 20.8. The van der Waals surface area contributed by atoms with Crippen molar-refractivity contribution in [2.45, 2.75) is 51.5 Å². The summed E-state index contributed by atoms with van der Waals surface area (Å²) in [4.78, 5) is 21.7. The van der Waals surface area contributed by atoms with Gasteiger partial charge in [0.1, 0.15) is 5.69 Å². The lowest BCUT2D eigenvalue weighted by Gasteiger charge is -2.26. The molecule has 0 radical (unpaired) electrons. The van der Waals surface area contributed by atoms with E-state index >= 15 is 0 Å². The Hall–Kier alpha value is -2.89. The lowest BCUT2D eigenvalue weighted by molar-refractivity contribution is -0.384. The van der Waals surface area contributed by atoms with Crippen LogP contribution in [-0.2, 0) is 0 Å². The fraction of sp³-hybridized carbons (Fsp3) is 0.435. The van der Waals surface area contributed by atoms with E-state index in [2.05, 4.69) is 28.7 Å². The predicted molar refractivity (Wildman–Crippen MR) is 119 cm³/mol. The van der Waals surface area contributed by atoms with E-state index in [1.165, 1.54) is 0 Å². The maximum absolute atomic E-state index is 12.0. The van der Waals surface area contributed by atoms with Gasteiger partial charge < -0.3 is 9.88 Å². The Balaban J connectivity index is 2.00. The molecule has 3 rings (SSSR count). The summed E-state index contributed by atoms with van der Waals surface area (Å²) < 4.78 is 0. The first-order chi connectivity index (χ1) is 14.2. The molecular formula is C23H30N4O2. The first-order valence-electron chi connectivity index (χ1n) is 10.5. The molecule has 29 heavy (non-hydrogen) atoms. The molecule has 0 saturated heterocycles. The Morgan fingerprint density at radius 1 is 1.21 bits per heavy atom. The first-order valence-corrected chi connectivity index (χ1v) is 10.5. The van der Waals surface area contributed by atoms with Crippen molar-refractivity contribution in [3.05, 3.63) is 70.1 Å². The highest BCUT2D eigenvalue weighted by atomic mass is 16.6. The van der Waals surface area contributed by atoms with E-state index in [9.17, 15) is 10.1 Å². The summed E-state index contributed by atoms with van der Waals surface area (Å²) in [7, 11) is 0. The van der Waals surface area contributed by atoms with Crippen LogP contribution in [0, 0.1) is 10.1 Å². The molecule has 6 heteroatoms. The highest BCUT2D eigenvalue weighted by Gasteiger charge is 2.28. The number of unbranched alkanes of at least 4 members (excludes halogenated alkanes) is 2. The standard InChI is InChI=1S/C23H30N4O2/c1-3-5-15-26(16-6-4-2)21-12-11-18(17-22(21)27(28)29)23(19-9-7-13-24-19)20-10-8-14-25-20/h7-14,17,19,23,25H,3-6,15-16H2,1-2H3. The number of aromatic nitrogens is 1. The van der Waals surface area contributed by atoms with Crippen molar-refractivity contribution in [2.75, 3.05) is 18.0 Å². The molecule has 1 aliphatic rings. The topological polar surface area (TPSA) is 74.5 Å². The normalized spacial score (nSPS) is 16.3. The molecule has 0 aliphatic carbocycles. The third-order valence-electron chi connectivity index (χ3n) is 5.41. The number of aliphatic imine (C=N–C) groups is 1. The van der Waals surface area contributed by atoms with E-state index in [1.54, 1.807) is 12.3 Å². The average Bonchev–Trinajstić information content (AvgIpc) is 3.43. The van der Waals surface area contributed by atoms with E-state index in [0.717, 1.165) is 55.7 Å². The minimum absolute atomic E-state index is 0.0598. The molecule has 1 N–H and O–H groups in total. The van der Waals surface area contributed by atoms with Crippen molar-refractivity contribution >= 4 is 17.6 Å². The highest BCUT2D eigenvalue weighted by Crippen LogP contribution is 2.37. The summed E-state index contributed by atoms with van der Waals surface area (Å²) in [5, 5.41) is 12.0. The number of hydrogen-bond donors (Lipinski definition) is 1. The number of rotatable bonds is 11. The number of benzene rings is 1. The summed E-state index contributed by atoms with van der Waals surface area (Å²) in [6.07, 6.45) is 11.8. The number of nitrogens with zero attached hydrogens (tertiary/aromatic N) is 3. The Labute approximate surface area is 172 Å².